The second-order valence-electron chi connectivity index (χ2n) is 2.48. The van der Waals surface area contributed by atoms with Crippen molar-refractivity contribution < 1.29 is 18.3 Å². The van der Waals surface area contributed by atoms with Crippen LogP contribution in [0.5, 0.6) is 0 Å². The molecule has 1 aromatic rings. The van der Waals surface area contributed by atoms with Crippen LogP contribution < -0.4 is 0 Å². The van der Waals surface area contributed by atoms with E-state index in [0.717, 1.165) is 13.3 Å². The predicted molar refractivity (Wildman–Crippen MR) is 58.3 cm³/mol. The molecule has 0 spiro atoms. The summed E-state index contributed by atoms with van der Waals surface area (Å²) in [4.78, 5) is 14.9. The van der Waals surface area contributed by atoms with Crippen molar-refractivity contribution in [1.29, 1.82) is 0 Å². The largest absolute Gasteiger partial charge is 0.465 e. The number of hydrogen-bond acceptors (Lipinski definition) is 3. The summed E-state index contributed by atoms with van der Waals surface area (Å²) in [6.07, 6.45) is -1.68. The summed E-state index contributed by atoms with van der Waals surface area (Å²) in [5.74, 6) is -0.893. The molecule has 0 radical (unpaired) electrons. The summed E-state index contributed by atoms with van der Waals surface area (Å²) < 4.78 is 29.7. The number of aromatic nitrogens is 1. The molecule has 0 aliphatic rings. The fourth-order valence-electron chi connectivity index (χ4n) is 0.988. The lowest BCUT2D eigenvalue weighted by molar-refractivity contribution is 0.0589. The summed E-state index contributed by atoms with van der Waals surface area (Å²) in [5.41, 5.74) is -0.816. The number of pyridine rings is 1. The van der Waals surface area contributed by atoms with E-state index in [9.17, 15) is 13.6 Å². The number of nitrogens with zero attached hydrogens (tertiary/aromatic N) is 1. The van der Waals surface area contributed by atoms with E-state index in [0.29, 0.717) is 0 Å². The van der Waals surface area contributed by atoms with Crippen LogP contribution in [0.2, 0.25) is 5.02 Å². The van der Waals surface area contributed by atoms with Crippen LogP contribution >= 0.6 is 34.2 Å². The van der Waals surface area contributed by atoms with Gasteiger partial charge in [-0.1, -0.05) is 11.6 Å². The molecule has 0 fully saturated rings. The minimum Gasteiger partial charge on any atom is -0.465 e. The Labute approximate surface area is 103 Å². The van der Waals surface area contributed by atoms with Crippen LogP contribution in [0.4, 0.5) is 8.78 Å². The number of methoxy groups -OCH3 is 1. The molecule has 15 heavy (non-hydrogen) atoms. The molecule has 0 saturated carbocycles. The average molecular weight is 347 g/mol. The van der Waals surface area contributed by atoms with E-state index in [1.165, 1.54) is 0 Å². The number of ether oxygens (including phenoxy) is 1. The van der Waals surface area contributed by atoms with Crippen molar-refractivity contribution in [2.45, 2.75) is 6.43 Å². The minimum absolute atomic E-state index is 0.0346. The Morgan fingerprint density at radius 2 is 2.27 bits per heavy atom. The molecule has 1 aromatic heterocycles. The zero-order valence-corrected chi connectivity index (χ0v) is 10.3. The number of hydrogen-bond donors (Lipinski definition) is 0. The second kappa shape index (κ2) is 5.02. The van der Waals surface area contributed by atoms with E-state index in [1.807, 2.05) is 0 Å². The molecule has 3 nitrogen and oxygen atoms in total. The normalized spacial score (nSPS) is 10.5. The first-order valence-corrected chi connectivity index (χ1v) is 5.15. The maximum Gasteiger partial charge on any atom is 0.340 e. The third-order valence-electron chi connectivity index (χ3n) is 1.63. The predicted octanol–water partition coefficient (Wildman–Crippen LogP) is 3.06. The first kappa shape index (κ1) is 12.6. The summed E-state index contributed by atoms with van der Waals surface area (Å²) >= 11 is 7.23. The van der Waals surface area contributed by atoms with Gasteiger partial charge in [0.15, 0.2) is 0 Å². The van der Waals surface area contributed by atoms with E-state index in [-0.39, 0.29) is 14.3 Å². The van der Waals surface area contributed by atoms with Crippen LogP contribution in [0.1, 0.15) is 22.3 Å². The number of esters is 1. The molecule has 0 unspecified atom stereocenters. The minimum atomic E-state index is -2.82. The summed E-state index contributed by atoms with van der Waals surface area (Å²) in [7, 11) is 1.10. The zero-order valence-electron chi connectivity index (χ0n) is 7.43. The molecule has 7 heteroatoms. The van der Waals surface area contributed by atoms with Gasteiger partial charge in [-0.25, -0.2) is 18.6 Å². The maximum absolute atomic E-state index is 12.7. The Balaban J connectivity index is 3.45. The molecular formula is C8H5ClF2INO2. The molecule has 0 aromatic carbocycles. The van der Waals surface area contributed by atoms with Gasteiger partial charge < -0.3 is 4.74 Å². The maximum atomic E-state index is 12.7. The lowest BCUT2D eigenvalue weighted by Crippen LogP contribution is -2.10. The Morgan fingerprint density at radius 3 is 2.73 bits per heavy atom. The Hall–Kier alpha value is -0.500. The van der Waals surface area contributed by atoms with Gasteiger partial charge in [-0.3, -0.25) is 0 Å². The number of carbonyl (C=O) groups excluding carboxylic acids is 1. The van der Waals surface area contributed by atoms with Crippen LogP contribution in [0.25, 0.3) is 0 Å². The van der Waals surface area contributed by atoms with Crippen LogP contribution in [0.15, 0.2) is 6.20 Å². The van der Waals surface area contributed by atoms with E-state index in [4.69, 9.17) is 11.6 Å². The van der Waals surface area contributed by atoms with Crippen molar-refractivity contribution >= 4 is 40.2 Å². The average Bonchev–Trinajstić information content (AvgIpc) is 2.19. The SMILES string of the molecule is COC(=O)c1c(Cl)cnc(I)c1C(F)F. The Bertz CT molecular complexity index is 400. The highest BCUT2D eigenvalue weighted by Gasteiger charge is 2.25. The van der Waals surface area contributed by atoms with Crippen molar-refractivity contribution in [1.82, 2.24) is 4.98 Å². The molecule has 0 aliphatic carbocycles. The van der Waals surface area contributed by atoms with Crippen LogP contribution in [0.3, 0.4) is 0 Å². The fraction of sp³-hybridized carbons (Fsp3) is 0.250. The van der Waals surface area contributed by atoms with Gasteiger partial charge in [0, 0.05) is 6.20 Å². The van der Waals surface area contributed by atoms with Crippen LogP contribution in [0, 0.1) is 3.70 Å². The summed E-state index contributed by atoms with van der Waals surface area (Å²) in [6.45, 7) is 0. The van der Waals surface area contributed by atoms with Gasteiger partial charge in [0.2, 0.25) is 0 Å². The second-order valence-corrected chi connectivity index (χ2v) is 3.91. The third kappa shape index (κ3) is 2.54. The highest BCUT2D eigenvalue weighted by molar-refractivity contribution is 14.1. The van der Waals surface area contributed by atoms with E-state index in [2.05, 4.69) is 9.72 Å². The topological polar surface area (TPSA) is 39.2 Å². The first-order valence-electron chi connectivity index (χ1n) is 3.69. The van der Waals surface area contributed by atoms with Crippen molar-refractivity contribution in [2.24, 2.45) is 0 Å². The van der Waals surface area contributed by atoms with E-state index < -0.39 is 18.0 Å². The molecule has 0 atom stereocenters. The van der Waals surface area contributed by atoms with E-state index in [1.54, 1.807) is 22.6 Å². The van der Waals surface area contributed by atoms with Gasteiger partial charge in [-0.15, -0.1) is 0 Å². The van der Waals surface area contributed by atoms with Gasteiger partial charge in [0.25, 0.3) is 6.43 Å². The fourth-order valence-corrected chi connectivity index (χ4v) is 1.86. The molecule has 0 saturated heterocycles. The lowest BCUT2D eigenvalue weighted by Gasteiger charge is -2.09. The first-order chi connectivity index (χ1) is 6.99. The monoisotopic (exact) mass is 347 g/mol. The number of carbonyl (C=O) groups is 1. The van der Waals surface area contributed by atoms with Crippen molar-refractivity contribution in [2.75, 3.05) is 7.11 Å². The third-order valence-corrected chi connectivity index (χ3v) is 2.78. The van der Waals surface area contributed by atoms with Gasteiger partial charge >= 0.3 is 5.97 Å². The van der Waals surface area contributed by atoms with Gasteiger partial charge in [0.05, 0.1) is 23.3 Å². The quantitative estimate of drug-likeness (QED) is 0.469. The summed E-state index contributed by atoms with van der Waals surface area (Å²) in [6, 6.07) is 0. The Morgan fingerprint density at radius 1 is 1.67 bits per heavy atom. The van der Waals surface area contributed by atoms with Crippen LogP contribution in [-0.2, 0) is 4.74 Å². The van der Waals surface area contributed by atoms with Gasteiger partial charge in [0.1, 0.15) is 3.70 Å². The molecule has 1 rings (SSSR count). The standard InChI is InChI=1S/C8H5ClF2INO2/c1-15-8(14)4-3(9)2-13-7(12)5(4)6(10)11/h2,6H,1H3. The molecule has 82 valence electrons. The summed E-state index contributed by atoms with van der Waals surface area (Å²) in [5, 5.41) is -0.141. The number of alkyl halides is 2. The van der Waals surface area contributed by atoms with Crippen molar-refractivity contribution in [3.63, 3.8) is 0 Å². The number of halogens is 4. The molecule has 0 N–H and O–H groups in total. The smallest absolute Gasteiger partial charge is 0.340 e. The Kier molecular flexibility index (Phi) is 4.21. The van der Waals surface area contributed by atoms with Crippen LogP contribution in [-0.4, -0.2) is 18.1 Å². The molecule has 1 heterocycles. The molecular weight excluding hydrogens is 342 g/mol. The van der Waals surface area contributed by atoms with Gasteiger partial charge in [-0.2, -0.15) is 0 Å². The van der Waals surface area contributed by atoms with Crippen molar-refractivity contribution in [3.05, 3.63) is 26.0 Å². The highest BCUT2D eigenvalue weighted by atomic mass is 127. The molecule has 0 bridgehead atoms. The highest BCUT2D eigenvalue weighted by Crippen LogP contribution is 2.31. The molecule has 0 aliphatic heterocycles. The lowest BCUT2D eigenvalue weighted by atomic mass is 10.1. The van der Waals surface area contributed by atoms with Gasteiger partial charge in [-0.05, 0) is 22.6 Å². The number of rotatable bonds is 2. The zero-order chi connectivity index (χ0) is 11.6. The van der Waals surface area contributed by atoms with E-state index >= 15 is 0 Å². The van der Waals surface area contributed by atoms with Crippen molar-refractivity contribution in [3.8, 4) is 0 Å². The molecule has 0 amide bonds.